The number of esters is 1. The van der Waals surface area contributed by atoms with E-state index in [2.05, 4.69) is 0 Å². The van der Waals surface area contributed by atoms with Gasteiger partial charge in [-0.15, -0.1) is 0 Å². The van der Waals surface area contributed by atoms with E-state index in [4.69, 9.17) is 9.47 Å². The molecule has 0 saturated carbocycles. The predicted molar refractivity (Wildman–Crippen MR) is 72.1 cm³/mol. The maximum absolute atomic E-state index is 11.3. The molecular weight excluding hydrogens is 244 g/mol. The zero-order valence-electron chi connectivity index (χ0n) is 11.4. The summed E-state index contributed by atoms with van der Waals surface area (Å²) >= 11 is 0. The van der Waals surface area contributed by atoms with Gasteiger partial charge >= 0.3 is 5.97 Å². The third-order valence-corrected chi connectivity index (χ3v) is 2.73. The highest BCUT2D eigenvalue weighted by atomic mass is 16.5. The van der Waals surface area contributed by atoms with Gasteiger partial charge < -0.3 is 14.3 Å². The fourth-order valence-electron chi connectivity index (χ4n) is 1.72. The van der Waals surface area contributed by atoms with E-state index in [1.165, 1.54) is 0 Å². The molecule has 0 spiro atoms. The van der Waals surface area contributed by atoms with E-state index in [0.717, 1.165) is 17.4 Å². The Hall–Kier alpha value is -1.68. The van der Waals surface area contributed by atoms with Gasteiger partial charge in [0.2, 0.25) is 0 Å². The molecule has 0 fully saturated rings. The lowest BCUT2D eigenvalue weighted by Crippen LogP contribution is -2.10. The zero-order valence-corrected chi connectivity index (χ0v) is 11.4. The summed E-state index contributed by atoms with van der Waals surface area (Å²) in [5, 5.41) is 0. The third-order valence-electron chi connectivity index (χ3n) is 2.73. The summed E-state index contributed by atoms with van der Waals surface area (Å²) in [4.78, 5) is 22.3. The molecule has 0 saturated heterocycles. The van der Waals surface area contributed by atoms with E-state index in [0.29, 0.717) is 19.8 Å². The normalized spacial score (nSPS) is 11.9. The average molecular weight is 264 g/mol. The number of benzene rings is 1. The second-order valence-electron chi connectivity index (χ2n) is 4.13. The monoisotopic (exact) mass is 264 g/mol. The summed E-state index contributed by atoms with van der Waals surface area (Å²) in [6.07, 6.45) is 1.14. The number of hydrogen-bond donors (Lipinski definition) is 0. The molecule has 0 heterocycles. The van der Waals surface area contributed by atoms with E-state index < -0.39 is 0 Å². The summed E-state index contributed by atoms with van der Waals surface area (Å²) in [6.45, 7) is 5.04. The van der Waals surface area contributed by atoms with Gasteiger partial charge in [-0.25, -0.2) is 0 Å². The molecule has 0 N–H and O–H groups in total. The van der Waals surface area contributed by atoms with Gasteiger partial charge in [-0.3, -0.25) is 4.79 Å². The first-order chi connectivity index (χ1) is 9.21. The Morgan fingerprint density at radius 3 is 2.42 bits per heavy atom. The van der Waals surface area contributed by atoms with Crippen molar-refractivity contribution in [3.63, 3.8) is 0 Å². The minimum Gasteiger partial charge on any atom is -0.466 e. The first-order valence-corrected chi connectivity index (χ1v) is 6.48. The van der Waals surface area contributed by atoms with Crippen LogP contribution in [0, 0.1) is 0 Å². The van der Waals surface area contributed by atoms with E-state index in [1.54, 1.807) is 6.92 Å². The van der Waals surface area contributed by atoms with Gasteiger partial charge in [-0.2, -0.15) is 0 Å². The Morgan fingerprint density at radius 2 is 1.89 bits per heavy atom. The lowest BCUT2D eigenvalue weighted by atomic mass is 9.99. The zero-order chi connectivity index (χ0) is 14.1. The van der Waals surface area contributed by atoms with Crippen molar-refractivity contribution in [1.82, 2.24) is 0 Å². The van der Waals surface area contributed by atoms with Crippen LogP contribution in [0.5, 0.6) is 0 Å². The minimum absolute atomic E-state index is 0.239. The van der Waals surface area contributed by atoms with Crippen LogP contribution in [0.25, 0.3) is 0 Å². The lowest BCUT2D eigenvalue weighted by Gasteiger charge is -2.11. The van der Waals surface area contributed by atoms with Crippen molar-refractivity contribution in [1.29, 1.82) is 0 Å². The quantitative estimate of drug-likeness (QED) is 0.533. The molecule has 1 atom stereocenters. The molecule has 4 nitrogen and oxygen atoms in total. The van der Waals surface area contributed by atoms with Gasteiger partial charge in [0.1, 0.15) is 6.29 Å². The van der Waals surface area contributed by atoms with Crippen molar-refractivity contribution < 1.29 is 19.1 Å². The van der Waals surface area contributed by atoms with Crippen LogP contribution in [0.1, 0.15) is 30.9 Å². The van der Waals surface area contributed by atoms with Crippen LogP contribution in [0.15, 0.2) is 24.3 Å². The Kier molecular flexibility index (Phi) is 6.82. The van der Waals surface area contributed by atoms with Crippen molar-refractivity contribution >= 4 is 12.3 Å². The Morgan fingerprint density at radius 1 is 1.21 bits per heavy atom. The summed E-state index contributed by atoms with van der Waals surface area (Å²) < 4.78 is 10.1. The molecule has 1 unspecified atom stereocenters. The molecule has 1 aromatic rings. The molecule has 104 valence electrons. The lowest BCUT2D eigenvalue weighted by molar-refractivity contribution is -0.142. The van der Waals surface area contributed by atoms with Crippen LogP contribution in [-0.4, -0.2) is 32.1 Å². The van der Waals surface area contributed by atoms with Gasteiger partial charge in [0.05, 0.1) is 25.6 Å². The number of ether oxygens (including phenoxy) is 2. The predicted octanol–water partition coefficient (Wildman–Crippen LogP) is 2.11. The van der Waals surface area contributed by atoms with Crippen molar-refractivity contribution in [3.8, 4) is 0 Å². The topological polar surface area (TPSA) is 52.6 Å². The second kappa shape index (κ2) is 8.43. The van der Waals surface area contributed by atoms with Gasteiger partial charge in [-0.05, 0) is 25.0 Å². The molecule has 1 aromatic carbocycles. The highest BCUT2D eigenvalue weighted by molar-refractivity contribution is 5.72. The van der Waals surface area contributed by atoms with Gasteiger partial charge in [0.15, 0.2) is 0 Å². The van der Waals surface area contributed by atoms with Crippen molar-refractivity contribution in [2.75, 3.05) is 19.8 Å². The molecule has 1 rings (SSSR count). The maximum Gasteiger partial charge on any atom is 0.310 e. The van der Waals surface area contributed by atoms with Crippen LogP contribution < -0.4 is 0 Å². The number of aldehydes is 1. The average Bonchev–Trinajstić information content (AvgIpc) is 2.41. The van der Waals surface area contributed by atoms with E-state index in [1.807, 2.05) is 31.2 Å². The van der Waals surface area contributed by atoms with Crippen LogP contribution in [0.4, 0.5) is 0 Å². The van der Waals surface area contributed by atoms with E-state index in [-0.39, 0.29) is 18.3 Å². The fourth-order valence-corrected chi connectivity index (χ4v) is 1.72. The smallest absolute Gasteiger partial charge is 0.310 e. The Labute approximate surface area is 113 Å². The molecule has 19 heavy (non-hydrogen) atoms. The summed E-state index contributed by atoms with van der Waals surface area (Å²) in [6, 6.07) is 7.39. The Bertz CT molecular complexity index is 397. The first kappa shape index (κ1) is 15.4. The van der Waals surface area contributed by atoms with Gasteiger partial charge in [0, 0.05) is 6.61 Å². The minimum atomic E-state index is -0.253. The van der Waals surface area contributed by atoms with Crippen LogP contribution >= 0.6 is 0 Å². The largest absolute Gasteiger partial charge is 0.466 e. The van der Waals surface area contributed by atoms with Gasteiger partial charge in [0.25, 0.3) is 0 Å². The summed E-state index contributed by atoms with van der Waals surface area (Å²) in [5.41, 5.74) is 1.78. The Balaban J connectivity index is 2.63. The van der Waals surface area contributed by atoms with Crippen LogP contribution in [0.3, 0.4) is 0 Å². The number of hydrogen-bond acceptors (Lipinski definition) is 4. The van der Waals surface area contributed by atoms with E-state index in [9.17, 15) is 9.59 Å². The standard InChI is InChI=1S/C15H20O4/c1-3-18-11-14(10-16)13-7-5-12(6-8-13)9-15(17)19-4-2/h5-8,10,14H,3-4,9,11H2,1-2H3. The number of rotatable bonds is 8. The highest BCUT2D eigenvalue weighted by Crippen LogP contribution is 2.15. The molecule has 0 aromatic heterocycles. The first-order valence-electron chi connectivity index (χ1n) is 6.48. The molecule has 0 amide bonds. The molecule has 0 aliphatic carbocycles. The molecule has 4 heteroatoms. The molecule has 0 aliphatic heterocycles. The third kappa shape index (κ3) is 5.22. The fraction of sp³-hybridized carbons (Fsp3) is 0.467. The van der Waals surface area contributed by atoms with Crippen molar-refractivity contribution in [2.24, 2.45) is 0 Å². The van der Waals surface area contributed by atoms with Crippen LogP contribution in [-0.2, 0) is 25.5 Å². The van der Waals surface area contributed by atoms with Gasteiger partial charge in [-0.1, -0.05) is 24.3 Å². The second-order valence-corrected chi connectivity index (χ2v) is 4.13. The van der Waals surface area contributed by atoms with Crippen LogP contribution in [0.2, 0.25) is 0 Å². The SMILES string of the molecule is CCOCC(C=O)c1ccc(CC(=O)OCC)cc1. The molecular formula is C15H20O4. The highest BCUT2D eigenvalue weighted by Gasteiger charge is 2.11. The maximum atomic E-state index is 11.3. The number of carbonyl (C=O) groups is 2. The van der Waals surface area contributed by atoms with Crippen molar-refractivity contribution in [3.05, 3.63) is 35.4 Å². The molecule has 0 bridgehead atoms. The van der Waals surface area contributed by atoms with Crippen molar-refractivity contribution in [2.45, 2.75) is 26.2 Å². The number of carbonyl (C=O) groups excluding carboxylic acids is 2. The summed E-state index contributed by atoms with van der Waals surface area (Å²) in [7, 11) is 0. The summed E-state index contributed by atoms with van der Waals surface area (Å²) in [5.74, 6) is -0.493. The molecule has 0 radical (unpaired) electrons. The molecule has 0 aliphatic rings. The van der Waals surface area contributed by atoms with E-state index >= 15 is 0 Å².